The van der Waals surface area contributed by atoms with Crippen LogP contribution in [0, 0.1) is 5.92 Å². The van der Waals surface area contributed by atoms with Gasteiger partial charge in [-0.3, -0.25) is 0 Å². The summed E-state index contributed by atoms with van der Waals surface area (Å²) in [6.45, 7) is 0.976. The molecule has 0 radical (unpaired) electrons. The average Bonchev–Trinajstić information content (AvgIpc) is 2.96. The van der Waals surface area contributed by atoms with Crippen LogP contribution in [-0.2, 0) is 0 Å². The van der Waals surface area contributed by atoms with Gasteiger partial charge in [-0.1, -0.05) is 12.1 Å². The molecule has 1 fully saturated rings. The topological polar surface area (TPSA) is 12.0 Å². The predicted molar refractivity (Wildman–Crippen MR) is 63.1 cm³/mol. The zero-order valence-corrected chi connectivity index (χ0v) is 10.2. The summed E-state index contributed by atoms with van der Waals surface area (Å²) < 4.78 is 36.4. The van der Waals surface area contributed by atoms with Gasteiger partial charge in [0.25, 0.3) is 0 Å². The quantitative estimate of drug-likeness (QED) is 0.831. The number of benzene rings is 1. The molecule has 0 aliphatic heterocycles. The highest BCUT2D eigenvalue weighted by Crippen LogP contribution is 2.47. The number of hydrogen-bond acceptors (Lipinski definition) is 2. The zero-order chi connectivity index (χ0) is 12.5. The van der Waals surface area contributed by atoms with Gasteiger partial charge >= 0.3 is 5.51 Å². The lowest BCUT2D eigenvalue weighted by molar-refractivity contribution is -0.0328. The van der Waals surface area contributed by atoms with Crippen LogP contribution in [0.4, 0.5) is 13.2 Å². The van der Waals surface area contributed by atoms with Crippen molar-refractivity contribution in [1.29, 1.82) is 0 Å². The van der Waals surface area contributed by atoms with E-state index in [4.69, 9.17) is 0 Å². The molecular weight excluding hydrogens is 247 g/mol. The number of halogens is 3. The van der Waals surface area contributed by atoms with E-state index in [0.717, 1.165) is 18.5 Å². The van der Waals surface area contributed by atoms with Crippen LogP contribution in [0.5, 0.6) is 0 Å². The highest BCUT2D eigenvalue weighted by atomic mass is 32.2. The summed E-state index contributed by atoms with van der Waals surface area (Å²) in [5, 5.41) is 3.12. The number of nitrogens with one attached hydrogen (secondary N) is 1. The molecule has 17 heavy (non-hydrogen) atoms. The summed E-state index contributed by atoms with van der Waals surface area (Å²) in [6.07, 6.45) is 1.13. The van der Waals surface area contributed by atoms with Crippen molar-refractivity contribution in [2.24, 2.45) is 5.92 Å². The Bertz CT molecular complexity index is 374. The van der Waals surface area contributed by atoms with Gasteiger partial charge in [-0.25, -0.2) is 0 Å². The average molecular weight is 261 g/mol. The van der Waals surface area contributed by atoms with Gasteiger partial charge in [-0.2, -0.15) is 13.2 Å². The largest absolute Gasteiger partial charge is 0.446 e. The van der Waals surface area contributed by atoms with Crippen LogP contribution >= 0.6 is 11.8 Å². The van der Waals surface area contributed by atoms with E-state index < -0.39 is 5.51 Å². The van der Waals surface area contributed by atoms with Gasteiger partial charge < -0.3 is 5.32 Å². The Morgan fingerprint density at radius 3 is 2.47 bits per heavy atom. The van der Waals surface area contributed by atoms with E-state index >= 15 is 0 Å². The fourth-order valence-electron chi connectivity index (χ4n) is 2.06. The van der Waals surface area contributed by atoms with E-state index in [0.29, 0.717) is 11.8 Å². The molecule has 1 aromatic carbocycles. The molecule has 1 N–H and O–H groups in total. The fourth-order valence-corrected chi connectivity index (χ4v) is 2.60. The summed E-state index contributed by atoms with van der Waals surface area (Å²) in [6, 6.07) is 6.74. The fraction of sp³-hybridized carbons (Fsp3) is 0.500. The van der Waals surface area contributed by atoms with Crippen LogP contribution in [0.25, 0.3) is 0 Å². The van der Waals surface area contributed by atoms with Crippen LogP contribution in [0.1, 0.15) is 17.9 Å². The van der Waals surface area contributed by atoms with E-state index in [9.17, 15) is 13.2 Å². The van der Waals surface area contributed by atoms with Gasteiger partial charge in [-0.05, 0) is 61.3 Å². The lowest BCUT2D eigenvalue weighted by Crippen LogP contribution is -2.10. The van der Waals surface area contributed by atoms with Crippen molar-refractivity contribution < 1.29 is 13.2 Å². The Labute approximate surface area is 103 Å². The summed E-state index contributed by atoms with van der Waals surface area (Å²) in [4.78, 5) is 0.257. The third-order valence-electron chi connectivity index (χ3n) is 2.93. The molecule has 1 aliphatic rings. The first-order chi connectivity index (χ1) is 7.99. The number of hydrogen-bond donors (Lipinski definition) is 1. The molecule has 1 nitrogen and oxygen atoms in total. The molecule has 0 bridgehead atoms. The first-order valence-corrected chi connectivity index (χ1v) is 6.31. The molecule has 0 spiro atoms. The SMILES string of the molecule is CNCC1CC1c1ccc(SC(F)(F)F)cc1. The second-order valence-electron chi connectivity index (χ2n) is 4.28. The normalized spacial score (nSPS) is 23.8. The molecular formula is C12H14F3NS. The van der Waals surface area contributed by atoms with Crippen LogP contribution in [-0.4, -0.2) is 19.1 Å². The van der Waals surface area contributed by atoms with Crippen molar-refractivity contribution in [3.8, 4) is 0 Å². The first-order valence-electron chi connectivity index (χ1n) is 5.50. The molecule has 0 amide bonds. The van der Waals surface area contributed by atoms with Crippen molar-refractivity contribution in [3.63, 3.8) is 0 Å². The van der Waals surface area contributed by atoms with E-state index in [1.807, 2.05) is 19.2 Å². The van der Waals surface area contributed by atoms with E-state index in [2.05, 4.69) is 5.32 Å². The third kappa shape index (κ3) is 3.64. The lowest BCUT2D eigenvalue weighted by atomic mass is 10.1. The van der Waals surface area contributed by atoms with Crippen molar-refractivity contribution in [1.82, 2.24) is 5.32 Å². The highest BCUT2D eigenvalue weighted by Gasteiger charge is 2.37. The van der Waals surface area contributed by atoms with Crippen molar-refractivity contribution in [3.05, 3.63) is 29.8 Å². The van der Waals surface area contributed by atoms with Gasteiger partial charge in [0.2, 0.25) is 0 Å². The molecule has 5 heteroatoms. The van der Waals surface area contributed by atoms with Crippen LogP contribution in [0.3, 0.4) is 0 Å². The number of alkyl halides is 3. The van der Waals surface area contributed by atoms with Crippen molar-refractivity contribution in [2.75, 3.05) is 13.6 Å². The molecule has 2 atom stereocenters. The molecule has 2 rings (SSSR count). The standard InChI is InChI=1S/C12H14F3NS/c1-16-7-9-6-11(9)8-2-4-10(5-3-8)17-12(13,14)15/h2-5,9,11,16H,6-7H2,1H3. The van der Waals surface area contributed by atoms with Gasteiger partial charge in [0.15, 0.2) is 0 Å². The van der Waals surface area contributed by atoms with Crippen LogP contribution < -0.4 is 5.32 Å². The maximum absolute atomic E-state index is 12.1. The van der Waals surface area contributed by atoms with Crippen molar-refractivity contribution in [2.45, 2.75) is 22.7 Å². The Morgan fingerprint density at radius 1 is 1.29 bits per heavy atom. The van der Waals surface area contributed by atoms with Gasteiger partial charge in [0.1, 0.15) is 0 Å². The van der Waals surface area contributed by atoms with Gasteiger partial charge in [0.05, 0.1) is 0 Å². The van der Waals surface area contributed by atoms with E-state index in [-0.39, 0.29) is 16.7 Å². The molecule has 0 aromatic heterocycles. The predicted octanol–water partition coefficient (Wildman–Crippen LogP) is 3.62. The Hall–Kier alpha value is -0.680. The second kappa shape index (κ2) is 4.90. The Morgan fingerprint density at radius 2 is 1.94 bits per heavy atom. The molecule has 1 aliphatic carbocycles. The smallest absolute Gasteiger partial charge is 0.319 e. The monoisotopic (exact) mass is 261 g/mol. The molecule has 0 saturated heterocycles. The van der Waals surface area contributed by atoms with Gasteiger partial charge in [-0.15, -0.1) is 0 Å². The highest BCUT2D eigenvalue weighted by molar-refractivity contribution is 8.00. The number of thioether (sulfide) groups is 1. The minimum Gasteiger partial charge on any atom is -0.319 e. The summed E-state index contributed by atoms with van der Waals surface area (Å²) in [5.41, 5.74) is -3.05. The van der Waals surface area contributed by atoms with Crippen LogP contribution in [0.2, 0.25) is 0 Å². The molecule has 2 unspecified atom stereocenters. The minimum absolute atomic E-state index is 0.0597. The minimum atomic E-state index is -4.20. The number of rotatable bonds is 4. The third-order valence-corrected chi connectivity index (χ3v) is 3.67. The summed E-state index contributed by atoms with van der Waals surface area (Å²) >= 11 is -0.0597. The summed E-state index contributed by atoms with van der Waals surface area (Å²) in [5.74, 6) is 1.16. The molecule has 0 heterocycles. The lowest BCUT2D eigenvalue weighted by Gasteiger charge is -2.06. The van der Waals surface area contributed by atoms with Gasteiger partial charge in [0, 0.05) is 4.90 Å². The molecule has 1 saturated carbocycles. The Balaban J connectivity index is 1.95. The van der Waals surface area contributed by atoms with Crippen LogP contribution in [0.15, 0.2) is 29.2 Å². The maximum atomic E-state index is 12.1. The maximum Gasteiger partial charge on any atom is 0.446 e. The zero-order valence-electron chi connectivity index (χ0n) is 9.42. The van der Waals surface area contributed by atoms with E-state index in [1.165, 1.54) is 0 Å². The Kier molecular flexibility index (Phi) is 3.68. The first kappa shape index (κ1) is 12.8. The molecule has 1 aromatic rings. The second-order valence-corrected chi connectivity index (χ2v) is 5.42. The summed E-state index contributed by atoms with van der Waals surface area (Å²) in [7, 11) is 1.92. The van der Waals surface area contributed by atoms with E-state index in [1.54, 1.807) is 12.1 Å². The van der Waals surface area contributed by atoms with Crippen molar-refractivity contribution >= 4 is 11.8 Å². The molecule has 94 valence electrons.